The molecular formula is C10H17NO2. The highest BCUT2D eigenvalue weighted by Gasteiger charge is 2.16. The van der Waals surface area contributed by atoms with E-state index in [4.69, 9.17) is 5.11 Å². The van der Waals surface area contributed by atoms with Gasteiger partial charge in [-0.2, -0.15) is 0 Å². The zero-order chi connectivity index (χ0) is 9.68. The van der Waals surface area contributed by atoms with Crippen LogP contribution in [0.5, 0.6) is 0 Å². The van der Waals surface area contributed by atoms with Crippen LogP contribution in [0, 0.1) is 0 Å². The predicted molar refractivity (Wildman–Crippen MR) is 51.3 cm³/mol. The molecule has 0 heterocycles. The van der Waals surface area contributed by atoms with Gasteiger partial charge in [-0.05, 0) is 19.8 Å². The van der Waals surface area contributed by atoms with E-state index in [1.165, 1.54) is 0 Å². The molecule has 0 unspecified atom stereocenters. The summed E-state index contributed by atoms with van der Waals surface area (Å²) in [4.78, 5) is 13.2. The van der Waals surface area contributed by atoms with E-state index in [1.807, 2.05) is 0 Å². The summed E-state index contributed by atoms with van der Waals surface area (Å²) in [7, 11) is 0. The minimum absolute atomic E-state index is 0.220. The Labute approximate surface area is 79.0 Å². The maximum Gasteiger partial charge on any atom is 0.157 e. The first-order valence-corrected chi connectivity index (χ1v) is 4.87. The van der Waals surface area contributed by atoms with Crippen LogP contribution in [0.3, 0.4) is 0 Å². The average Bonchev–Trinajstić information content (AvgIpc) is 2.54. The largest absolute Gasteiger partial charge is 0.396 e. The first kappa shape index (κ1) is 10.3. The molecule has 1 rings (SSSR count). The van der Waals surface area contributed by atoms with Crippen molar-refractivity contribution in [1.29, 1.82) is 0 Å². The second-order valence-corrected chi connectivity index (χ2v) is 3.26. The van der Waals surface area contributed by atoms with Crippen LogP contribution >= 0.6 is 0 Å². The number of aliphatic hydroxyl groups excluding tert-OH is 1. The molecule has 0 atom stereocenters. The fourth-order valence-electron chi connectivity index (χ4n) is 1.60. The van der Waals surface area contributed by atoms with Crippen LogP contribution in [0.15, 0.2) is 11.8 Å². The monoisotopic (exact) mass is 183 g/mol. The Bertz CT molecular complexity index is 211. The summed E-state index contributed by atoms with van der Waals surface area (Å²) in [5, 5.41) is 8.69. The molecule has 1 aliphatic rings. The number of allylic oxidation sites excluding steroid dienone is 2. The van der Waals surface area contributed by atoms with Crippen molar-refractivity contribution in [3.63, 3.8) is 0 Å². The Hall–Kier alpha value is -0.830. The van der Waals surface area contributed by atoms with Crippen molar-refractivity contribution in [2.24, 2.45) is 0 Å². The second-order valence-electron chi connectivity index (χ2n) is 3.26. The molecule has 0 aliphatic heterocycles. The molecule has 0 aromatic carbocycles. The lowest BCUT2D eigenvalue weighted by Crippen LogP contribution is -2.23. The minimum atomic E-state index is 0.220. The molecule has 0 spiro atoms. The van der Waals surface area contributed by atoms with Gasteiger partial charge in [-0.15, -0.1) is 0 Å². The smallest absolute Gasteiger partial charge is 0.157 e. The van der Waals surface area contributed by atoms with Crippen LogP contribution < -0.4 is 0 Å². The highest BCUT2D eigenvalue weighted by Crippen LogP contribution is 2.18. The van der Waals surface area contributed by atoms with Gasteiger partial charge in [0.05, 0.1) is 0 Å². The Morgan fingerprint density at radius 1 is 1.54 bits per heavy atom. The average molecular weight is 183 g/mol. The van der Waals surface area contributed by atoms with E-state index in [0.717, 1.165) is 31.6 Å². The standard InChI is InChI=1S/C10H17NO2/c1-2-11(6-3-7-12)9-4-5-10(13)8-9/h8,12H,2-7H2,1H3. The number of carbonyl (C=O) groups excluding carboxylic acids is 1. The van der Waals surface area contributed by atoms with Gasteiger partial charge in [0.1, 0.15) is 0 Å². The molecule has 0 fully saturated rings. The van der Waals surface area contributed by atoms with Crippen molar-refractivity contribution in [2.75, 3.05) is 19.7 Å². The quantitative estimate of drug-likeness (QED) is 0.689. The van der Waals surface area contributed by atoms with Crippen LogP contribution in [0.25, 0.3) is 0 Å². The number of carbonyl (C=O) groups is 1. The van der Waals surface area contributed by atoms with Gasteiger partial charge in [0.2, 0.25) is 0 Å². The molecule has 0 amide bonds. The number of aliphatic hydroxyl groups is 1. The molecule has 0 aromatic heterocycles. The van der Waals surface area contributed by atoms with Gasteiger partial charge in [-0.1, -0.05) is 0 Å². The van der Waals surface area contributed by atoms with E-state index in [0.29, 0.717) is 6.42 Å². The summed E-state index contributed by atoms with van der Waals surface area (Å²) in [5.41, 5.74) is 1.14. The molecule has 3 heteroatoms. The van der Waals surface area contributed by atoms with Crippen molar-refractivity contribution >= 4 is 5.78 Å². The normalized spacial score (nSPS) is 16.2. The molecule has 13 heavy (non-hydrogen) atoms. The molecule has 0 bridgehead atoms. The fraction of sp³-hybridized carbons (Fsp3) is 0.700. The minimum Gasteiger partial charge on any atom is -0.396 e. The SMILES string of the molecule is CCN(CCCO)C1=CC(=O)CC1. The molecule has 0 saturated heterocycles. The Morgan fingerprint density at radius 2 is 2.31 bits per heavy atom. The molecule has 0 saturated carbocycles. The van der Waals surface area contributed by atoms with Crippen LogP contribution in [-0.4, -0.2) is 35.5 Å². The van der Waals surface area contributed by atoms with Crippen molar-refractivity contribution in [3.05, 3.63) is 11.8 Å². The lowest BCUT2D eigenvalue weighted by Gasteiger charge is -2.23. The second kappa shape index (κ2) is 5.02. The van der Waals surface area contributed by atoms with Crippen molar-refractivity contribution in [1.82, 2.24) is 4.90 Å². The van der Waals surface area contributed by atoms with Crippen LogP contribution in [0.2, 0.25) is 0 Å². The van der Waals surface area contributed by atoms with Crippen LogP contribution in [0.4, 0.5) is 0 Å². The molecule has 0 aromatic rings. The van der Waals surface area contributed by atoms with Crippen molar-refractivity contribution < 1.29 is 9.90 Å². The molecule has 1 N–H and O–H groups in total. The summed E-state index contributed by atoms with van der Waals surface area (Å²) in [6.45, 7) is 4.06. The maximum absolute atomic E-state index is 11.0. The topological polar surface area (TPSA) is 40.5 Å². The van der Waals surface area contributed by atoms with Gasteiger partial charge < -0.3 is 10.0 Å². The third-order valence-corrected chi connectivity index (χ3v) is 2.33. The fourth-order valence-corrected chi connectivity index (χ4v) is 1.60. The molecular weight excluding hydrogens is 166 g/mol. The van der Waals surface area contributed by atoms with Gasteiger partial charge in [-0.3, -0.25) is 4.79 Å². The van der Waals surface area contributed by atoms with E-state index in [1.54, 1.807) is 6.08 Å². The third kappa shape index (κ3) is 2.84. The molecule has 0 radical (unpaired) electrons. The highest BCUT2D eigenvalue weighted by atomic mass is 16.3. The first-order valence-electron chi connectivity index (χ1n) is 4.87. The summed E-state index contributed by atoms with van der Waals surface area (Å²) in [6.07, 6.45) is 4.04. The van der Waals surface area contributed by atoms with Gasteiger partial charge >= 0.3 is 0 Å². The summed E-state index contributed by atoms with van der Waals surface area (Å²) in [6, 6.07) is 0. The zero-order valence-electron chi connectivity index (χ0n) is 8.12. The number of hydrogen-bond acceptors (Lipinski definition) is 3. The number of hydrogen-bond donors (Lipinski definition) is 1. The van der Waals surface area contributed by atoms with E-state index in [-0.39, 0.29) is 12.4 Å². The van der Waals surface area contributed by atoms with E-state index < -0.39 is 0 Å². The summed E-state index contributed by atoms with van der Waals surface area (Å²) >= 11 is 0. The Morgan fingerprint density at radius 3 is 2.77 bits per heavy atom. The highest BCUT2D eigenvalue weighted by molar-refractivity contribution is 5.92. The van der Waals surface area contributed by atoms with Crippen LogP contribution in [-0.2, 0) is 4.79 Å². The Balaban J connectivity index is 2.46. The van der Waals surface area contributed by atoms with E-state index >= 15 is 0 Å². The third-order valence-electron chi connectivity index (χ3n) is 2.33. The molecule has 3 nitrogen and oxygen atoms in total. The molecule has 74 valence electrons. The number of ketones is 1. The van der Waals surface area contributed by atoms with Crippen molar-refractivity contribution in [3.8, 4) is 0 Å². The van der Waals surface area contributed by atoms with Gasteiger partial charge in [0, 0.05) is 37.9 Å². The number of nitrogens with zero attached hydrogens (tertiary/aromatic N) is 1. The first-order chi connectivity index (χ1) is 6.27. The zero-order valence-corrected chi connectivity index (χ0v) is 8.12. The lowest BCUT2D eigenvalue weighted by atomic mass is 10.3. The van der Waals surface area contributed by atoms with Crippen molar-refractivity contribution in [2.45, 2.75) is 26.2 Å². The number of rotatable bonds is 5. The summed E-state index contributed by atoms with van der Waals surface area (Å²) < 4.78 is 0. The predicted octanol–water partition coefficient (Wildman–Crippen LogP) is 0.938. The van der Waals surface area contributed by atoms with E-state index in [9.17, 15) is 4.79 Å². The van der Waals surface area contributed by atoms with Gasteiger partial charge in [0.15, 0.2) is 5.78 Å². The Kier molecular flexibility index (Phi) is 3.96. The van der Waals surface area contributed by atoms with Gasteiger partial charge in [0.25, 0.3) is 0 Å². The van der Waals surface area contributed by atoms with Gasteiger partial charge in [-0.25, -0.2) is 0 Å². The molecule has 1 aliphatic carbocycles. The summed E-state index contributed by atoms with van der Waals surface area (Å²) in [5.74, 6) is 0.234. The van der Waals surface area contributed by atoms with E-state index in [2.05, 4.69) is 11.8 Å². The van der Waals surface area contributed by atoms with Crippen LogP contribution in [0.1, 0.15) is 26.2 Å². The lowest BCUT2D eigenvalue weighted by molar-refractivity contribution is -0.114. The maximum atomic E-state index is 11.0.